The Kier molecular flexibility index (Phi) is 6.61. The lowest BCUT2D eigenvalue weighted by Crippen LogP contribution is -2.42. The van der Waals surface area contributed by atoms with E-state index in [0.29, 0.717) is 12.6 Å². The third-order valence-corrected chi connectivity index (χ3v) is 3.50. The van der Waals surface area contributed by atoms with Crippen LogP contribution in [-0.2, 0) is 0 Å². The van der Waals surface area contributed by atoms with E-state index in [0.717, 1.165) is 43.3 Å². The summed E-state index contributed by atoms with van der Waals surface area (Å²) in [6, 6.07) is 8.12. The highest BCUT2D eigenvalue weighted by molar-refractivity contribution is 5.80. The van der Waals surface area contributed by atoms with Crippen molar-refractivity contribution in [1.29, 1.82) is 0 Å². The Hall–Kier alpha value is -2.17. The fourth-order valence-electron chi connectivity index (χ4n) is 2.28. The van der Waals surface area contributed by atoms with Gasteiger partial charge in [-0.3, -0.25) is 4.99 Å². The van der Waals surface area contributed by atoms with Crippen LogP contribution in [0.15, 0.2) is 41.4 Å². The first-order valence-electron chi connectivity index (χ1n) is 7.71. The molecule has 120 valence electrons. The number of benzene rings is 1. The van der Waals surface area contributed by atoms with E-state index in [9.17, 15) is 0 Å². The molecule has 5 nitrogen and oxygen atoms in total. The maximum atomic E-state index is 5.71. The van der Waals surface area contributed by atoms with Crippen LogP contribution in [0.25, 0.3) is 0 Å². The van der Waals surface area contributed by atoms with Gasteiger partial charge >= 0.3 is 0 Å². The Bertz CT molecular complexity index is 506. The van der Waals surface area contributed by atoms with Crippen molar-refractivity contribution in [3.05, 3.63) is 36.4 Å². The Morgan fingerprint density at radius 1 is 1.27 bits per heavy atom. The van der Waals surface area contributed by atoms with Crippen LogP contribution in [0.3, 0.4) is 0 Å². The number of guanidine groups is 1. The molecule has 5 heteroatoms. The smallest absolute Gasteiger partial charge is 0.191 e. The van der Waals surface area contributed by atoms with Crippen molar-refractivity contribution in [2.24, 2.45) is 4.99 Å². The second-order valence-corrected chi connectivity index (χ2v) is 5.16. The molecule has 0 saturated heterocycles. The summed E-state index contributed by atoms with van der Waals surface area (Å²) in [6.07, 6.45) is 7.44. The molecule has 1 aliphatic carbocycles. The van der Waals surface area contributed by atoms with Gasteiger partial charge in [0.25, 0.3) is 0 Å². The van der Waals surface area contributed by atoms with Crippen molar-refractivity contribution in [3.63, 3.8) is 0 Å². The molecule has 0 atom stereocenters. The summed E-state index contributed by atoms with van der Waals surface area (Å²) in [5.74, 6) is 2.50. The minimum absolute atomic E-state index is 0.472. The SMILES string of the molecule is CN=C(NCCCOc1cccc(OC)c1)NC1CC=CC1. The molecule has 2 rings (SSSR count). The highest BCUT2D eigenvalue weighted by Crippen LogP contribution is 2.18. The lowest BCUT2D eigenvalue weighted by Gasteiger charge is -2.17. The Morgan fingerprint density at radius 3 is 2.77 bits per heavy atom. The van der Waals surface area contributed by atoms with E-state index in [1.807, 2.05) is 24.3 Å². The van der Waals surface area contributed by atoms with E-state index in [4.69, 9.17) is 9.47 Å². The summed E-state index contributed by atoms with van der Waals surface area (Å²) in [5.41, 5.74) is 0. The molecule has 22 heavy (non-hydrogen) atoms. The van der Waals surface area contributed by atoms with E-state index in [2.05, 4.69) is 27.8 Å². The normalized spacial score (nSPS) is 14.9. The summed E-state index contributed by atoms with van der Waals surface area (Å²) in [6.45, 7) is 1.48. The number of ether oxygens (including phenoxy) is 2. The largest absolute Gasteiger partial charge is 0.497 e. The van der Waals surface area contributed by atoms with Gasteiger partial charge in [0.15, 0.2) is 5.96 Å². The van der Waals surface area contributed by atoms with Crippen molar-refractivity contribution in [1.82, 2.24) is 10.6 Å². The Balaban J connectivity index is 1.61. The zero-order valence-electron chi connectivity index (χ0n) is 13.3. The monoisotopic (exact) mass is 303 g/mol. The third-order valence-electron chi connectivity index (χ3n) is 3.50. The fourth-order valence-corrected chi connectivity index (χ4v) is 2.28. The predicted octanol–water partition coefficient (Wildman–Crippen LogP) is 2.35. The van der Waals surface area contributed by atoms with Crippen molar-refractivity contribution in [2.45, 2.75) is 25.3 Å². The molecule has 0 aliphatic heterocycles. The lowest BCUT2D eigenvalue weighted by molar-refractivity contribution is 0.308. The maximum Gasteiger partial charge on any atom is 0.191 e. The van der Waals surface area contributed by atoms with Gasteiger partial charge in [0.2, 0.25) is 0 Å². The Labute approximate surface area is 132 Å². The van der Waals surface area contributed by atoms with Crippen LogP contribution in [0.5, 0.6) is 11.5 Å². The fraction of sp³-hybridized carbons (Fsp3) is 0.471. The van der Waals surface area contributed by atoms with Crippen molar-refractivity contribution < 1.29 is 9.47 Å². The summed E-state index contributed by atoms with van der Waals surface area (Å²) in [4.78, 5) is 4.24. The number of hydrogen-bond donors (Lipinski definition) is 2. The number of aliphatic imine (C=N–C) groups is 1. The standard InChI is InChI=1S/C17H25N3O2/c1-18-17(20-14-7-3-4-8-14)19-11-6-12-22-16-10-5-9-15(13-16)21-2/h3-5,9-10,13-14H,6-8,11-12H2,1-2H3,(H2,18,19,20). The Morgan fingerprint density at radius 2 is 2.05 bits per heavy atom. The first-order valence-corrected chi connectivity index (χ1v) is 7.71. The average molecular weight is 303 g/mol. The molecule has 0 saturated carbocycles. The van der Waals surface area contributed by atoms with Crippen LogP contribution in [0, 0.1) is 0 Å². The highest BCUT2D eigenvalue weighted by atomic mass is 16.5. The maximum absolute atomic E-state index is 5.71. The van der Waals surface area contributed by atoms with Gasteiger partial charge in [-0.15, -0.1) is 0 Å². The molecular formula is C17H25N3O2. The molecule has 0 unspecified atom stereocenters. The van der Waals surface area contributed by atoms with Gasteiger partial charge in [0, 0.05) is 25.7 Å². The molecule has 0 bridgehead atoms. The van der Waals surface area contributed by atoms with Crippen molar-refractivity contribution in [3.8, 4) is 11.5 Å². The highest BCUT2D eigenvalue weighted by Gasteiger charge is 2.11. The van der Waals surface area contributed by atoms with E-state index in [1.54, 1.807) is 14.2 Å². The number of methoxy groups -OCH3 is 1. The second-order valence-electron chi connectivity index (χ2n) is 5.16. The van der Waals surface area contributed by atoms with Crippen LogP contribution < -0.4 is 20.1 Å². The first kappa shape index (κ1) is 16.2. The predicted molar refractivity (Wildman–Crippen MR) is 89.8 cm³/mol. The molecular weight excluding hydrogens is 278 g/mol. The van der Waals surface area contributed by atoms with Gasteiger partial charge in [-0.1, -0.05) is 18.2 Å². The second kappa shape index (κ2) is 8.97. The molecule has 0 amide bonds. The zero-order chi connectivity index (χ0) is 15.6. The van der Waals surface area contributed by atoms with Crippen molar-refractivity contribution in [2.75, 3.05) is 27.3 Å². The van der Waals surface area contributed by atoms with Gasteiger partial charge in [0.1, 0.15) is 11.5 Å². The van der Waals surface area contributed by atoms with E-state index in [1.165, 1.54) is 0 Å². The summed E-state index contributed by atoms with van der Waals surface area (Å²) in [5, 5.41) is 6.72. The number of hydrogen-bond acceptors (Lipinski definition) is 3. The van der Waals surface area contributed by atoms with Crippen LogP contribution >= 0.6 is 0 Å². The quantitative estimate of drug-likeness (QED) is 0.351. The average Bonchev–Trinajstić information content (AvgIpc) is 3.06. The molecule has 1 aromatic rings. The van der Waals surface area contributed by atoms with Gasteiger partial charge in [-0.2, -0.15) is 0 Å². The van der Waals surface area contributed by atoms with Gasteiger partial charge in [-0.25, -0.2) is 0 Å². The third kappa shape index (κ3) is 5.31. The van der Waals surface area contributed by atoms with Gasteiger partial charge in [-0.05, 0) is 31.4 Å². The molecule has 0 fully saturated rings. The number of rotatable bonds is 7. The number of nitrogens with one attached hydrogen (secondary N) is 2. The topological polar surface area (TPSA) is 54.9 Å². The summed E-state index contributed by atoms with van der Waals surface area (Å²) in [7, 11) is 3.45. The zero-order valence-corrected chi connectivity index (χ0v) is 13.3. The van der Waals surface area contributed by atoms with E-state index in [-0.39, 0.29) is 0 Å². The lowest BCUT2D eigenvalue weighted by atomic mass is 10.2. The van der Waals surface area contributed by atoms with E-state index < -0.39 is 0 Å². The number of nitrogens with zero attached hydrogens (tertiary/aromatic N) is 1. The summed E-state index contributed by atoms with van der Waals surface area (Å²) < 4.78 is 10.9. The minimum Gasteiger partial charge on any atom is -0.497 e. The molecule has 2 N–H and O–H groups in total. The van der Waals surface area contributed by atoms with Crippen LogP contribution in [0.2, 0.25) is 0 Å². The molecule has 0 spiro atoms. The van der Waals surface area contributed by atoms with Crippen LogP contribution in [-0.4, -0.2) is 39.3 Å². The van der Waals surface area contributed by atoms with Gasteiger partial charge in [0.05, 0.1) is 13.7 Å². The van der Waals surface area contributed by atoms with Crippen molar-refractivity contribution >= 4 is 5.96 Å². The van der Waals surface area contributed by atoms with Gasteiger partial charge < -0.3 is 20.1 Å². The summed E-state index contributed by atoms with van der Waals surface area (Å²) >= 11 is 0. The minimum atomic E-state index is 0.472. The molecule has 0 heterocycles. The molecule has 1 aromatic carbocycles. The van der Waals surface area contributed by atoms with Crippen LogP contribution in [0.4, 0.5) is 0 Å². The molecule has 0 radical (unpaired) electrons. The van der Waals surface area contributed by atoms with Crippen LogP contribution in [0.1, 0.15) is 19.3 Å². The molecule has 0 aromatic heterocycles. The van der Waals surface area contributed by atoms with E-state index >= 15 is 0 Å². The first-order chi connectivity index (χ1) is 10.8. The molecule has 1 aliphatic rings.